The molecule has 0 bridgehead atoms. The molecule has 0 unspecified atom stereocenters. The van der Waals surface area contributed by atoms with Gasteiger partial charge < -0.3 is 9.84 Å². The van der Waals surface area contributed by atoms with Crippen LogP contribution in [0.15, 0.2) is 39.0 Å². The van der Waals surface area contributed by atoms with E-state index < -0.39 is 17.0 Å². The molecule has 0 spiro atoms. The normalized spacial score (nSPS) is 11.7. The van der Waals surface area contributed by atoms with Crippen molar-refractivity contribution in [3.8, 4) is 22.8 Å². The van der Waals surface area contributed by atoms with Crippen LogP contribution in [0.4, 0.5) is 4.39 Å². The van der Waals surface area contributed by atoms with Gasteiger partial charge in [-0.1, -0.05) is 17.7 Å². The first-order valence-electron chi connectivity index (χ1n) is 10.3. The zero-order valence-corrected chi connectivity index (χ0v) is 22.3. The van der Waals surface area contributed by atoms with Gasteiger partial charge in [-0.2, -0.15) is 4.98 Å². The monoisotopic (exact) mass is 579 g/mol. The summed E-state index contributed by atoms with van der Waals surface area (Å²) in [4.78, 5) is 30.1. The lowest BCUT2D eigenvalue weighted by atomic mass is 10.1. The number of nitrogens with zero attached hydrogens (tertiary/aromatic N) is 5. The van der Waals surface area contributed by atoms with Crippen LogP contribution in [-0.2, 0) is 12.2 Å². The van der Waals surface area contributed by atoms with E-state index in [4.69, 9.17) is 16.3 Å². The lowest BCUT2D eigenvalue weighted by Crippen LogP contribution is -2.24. The summed E-state index contributed by atoms with van der Waals surface area (Å²) >= 11 is 11.2. The van der Waals surface area contributed by atoms with Crippen molar-refractivity contribution in [1.29, 1.82) is 0 Å². The number of hydrogen-bond acceptors (Lipinski definition) is 8. The summed E-state index contributed by atoms with van der Waals surface area (Å²) in [6, 6.07) is 4.64. The summed E-state index contributed by atoms with van der Waals surface area (Å²) in [6.45, 7) is 6.69. The van der Waals surface area contributed by atoms with E-state index >= 15 is 0 Å². The van der Waals surface area contributed by atoms with Crippen molar-refractivity contribution in [1.82, 2.24) is 24.5 Å². The Bertz CT molecular complexity index is 1490. The third-order valence-corrected chi connectivity index (χ3v) is 6.76. The van der Waals surface area contributed by atoms with Crippen molar-refractivity contribution in [2.75, 3.05) is 0 Å². The molecule has 0 aliphatic heterocycles. The molecule has 12 heteroatoms. The van der Waals surface area contributed by atoms with Crippen molar-refractivity contribution in [2.45, 2.75) is 39.9 Å². The van der Waals surface area contributed by atoms with Gasteiger partial charge in [-0.15, -0.1) is 11.3 Å². The van der Waals surface area contributed by atoms with E-state index in [2.05, 4.69) is 35.9 Å². The molecule has 1 aromatic carbocycles. The highest BCUT2D eigenvalue weighted by atomic mass is 79.9. The van der Waals surface area contributed by atoms with Gasteiger partial charge in [-0.05, 0) is 55.8 Å². The van der Waals surface area contributed by atoms with E-state index in [0.717, 1.165) is 16.9 Å². The molecule has 0 radical (unpaired) electrons. The molecule has 0 saturated carbocycles. The van der Waals surface area contributed by atoms with Crippen LogP contribution in [0.3, 0.4) is 0 Å². The first-order chi connectivity index (χ1) is 16.5. The Hall–Kier alpha value is -2.73. The quantitative estimate of drug-likeness (QED) is 0.337. The Morgan fingerprint density at radius 1 is 1.26 bits per heavy atom. The van der Waals surface area contributed by atoms with Gasteiger partial charge in [0.1, 0.15) is 28.2 Å². The molecule has 35 heavy (non-hydrogen) atoms. The molecule has 4 rings (SSSR count). The van der Waals surface area contributed by atoms with Crippen LogP contribution in [0.5, 0.6) is 5.88 Å². The summed E-state index contributed by atoms with van der Waals surface area (Å²) in [7, 11) is 0. The molecular weight excluding hydrogens is 561 g/mol. The van der Waals surface area contributed by atoms with Gasteiger partial charge in [0.2, 0.25) is 5.88 Å². The standard InChI is InChI=1S/C23H20BrClFN5O3S/c1-11-28-20(34-9-14-10-35-12(2)29-14)18(24)21(32)31(11)17-7-13(5-6-15(17)25)19-16(26)8-27-22(30-19)23(3,4)33/h5-8,10,33H,9H2,1-4H3. The van der Waals surface area contributed by atoms with Gasteiger partial charge in [-0.3, -0.25) is 9.36 Å². The molecule has 4 aromatic rings. The van der Waals surface area contributed by atoms with Gasteiger partial charge in [0.15, 0.2) is 11.6 Å². The molecule has 8 nitrogen and oxygen atoms in total. The number of thiazole rings is 1. The molecular formula is C23H20BrClFN5O3S. The lowest BCUT2D eigenvalue weighted by molar-refractivity contribution is 0.0686. The maximum atomic E-state index is 14.6. The highest BCUT2D eigenvalue weighted by Crippen LogP contribution is 2.30. The second-order valence-corrected chi connectivity index (χ2v) is 10.4. The van der Waals surface area contributed by atoms with E-state index in [1.165, 1.54) is 41.9 Å². The van der Waals surface area contributed by atoms with Crippen molar-refractivity contribution in [3.63, 3.8) is 0 Å². The minimum atomic E-state index is -1.37. The SMILES string of the molecule is Cc1nc(COc2nc(C)n(-c3cc(-c4nc(C(C)(C)O)ncc4F)ccc3Cl)c(=O)c2Br)cs1. The number of rotatable bonds is 6. The van der Waals surface area contributed by atoms with E-state index in [-0.39, 0.29) is 39.2 Å². The lowest BCUT2D eigenvalue weighted by Gasteiger charge is -2.17. The number of hydrogen-bond donors (Lipinski definition) is 1. The van der Waals surface area contributed by atoms with Crippen molar-refractivity contribution in [2.24, 2.45) is 0 Å². The predicted octanol–water partition coefficient (Wildman–Crippen LogP) is 5.12. The summed E-state index contributed by atoms with van der Waals surface area (Å²) in [6.07, 6.45) is 0.995. The third kappa shape index (κ3) is 5.27. The van der Waals surface area contributed by atoms with Gasteiger partial charge in [0, 0.05) is 10.9 Å². The molecule has 0 fully saturated rings. The fraction of sp³-hybridized carbons (Fsp3) is 0.261. The zero-order valence-electron chi connectivity index (χ0n) is 19.1. The molecule has 3 heterocycles. The first-order valence-corrected chi connectivity index (χ1v) is 12.4. The molecule has 0 aliphatic carbocycles. The number of halogens is 3. The summed E-state index contributed by atoms with van der Waals surface area (Å²) in [5.41, 5.74) is -0.503. The number of ether oxygens (including phenoxy) is 1. The topological polar surface area (TPSA) is 103 Å². The Morgan fingerprint density at radius 3 is 2.66 bits per heavy atom. The first kappa shape index (κ1) is 25.4. The zero-order chi connectivity index (χ0) is 25.5. The van der Waals surface area contributed by atoms with E-state index in [9.17, 15) is 14.3 Å². The molecule has 1 N–H and O–H groups in total. The smallest absolute Gasteiger partial charge is 0.276 e. The van der Waals surface area contributed by atoms with Gasteiger partial charge in [0.05, 0.1) is 27.6 Å². The number of aryl methyl sites for hydroxylation is 2. The minimum Gasteiger partial charge on any atom is -0.470 e. The second-order valence-electron chi connectivity index (χ2n) is 8.18. The fourth-order valence-electron chi connectivity index (χ4n) is 3.27. The maximum absolute atomic E-state index is 14.6. The minimum absolute atomic E-state index is 0.0359. The Balaban J connectivity index is 1.76. The average molecular weight is 581 g/mol. The molecule has 3 aromatic heterocycles. The summed E-state index contributed by atoms with van der Waals surface area (Å²) in [5.74, 6) is -0.198. The molecule has 0 aliphatic rings. The molecule has 0 atom stereocenters. The molecule has 182 valence electrons. The fourth-order valence-corrected chi connectivity index (χ4v) is 4.45. The van der Waals surface area contributed by atoms with E-state index in [1.807, 2.05) is 12.3 Å². The van der Waals surface area contributed by atoms with Crippen LogP contribution >= 0.6 is 38.9 Å². The molecule has 0 saturated heterocycles. The predicted molar refractivity (Wildman–Crippen MR) is 135 cm³/mol. The largest absolute Gasteiger partial charge is 0.470 e. The number of benzene rings is 1. The second kappa shape index (κ2) is 9.73. The summed E-state index contributed by atoms with van der Waals surface area (Å²) in [5, 5.41) is 13.3. The van der Waals surface area contributed by atoms with E-state index in [1.54, 1.807) is 13.0 Å². The van der Waals surface area contributed by atoms with Crippen LogP contribution in [-0.4, -0.2) is 29.6 Å². The van der Waals surface area contributed by atoms with Gasteiger partial charge in [0.25, 0.3) is 5.56 Å². The highest BCUT2D eigenvalue weighted by Gasteiger charge is 2.23. The number of aliphatic hydroxyl groups is 1. The summed E-state index contributed by atoms with van der Waals surface area (Å²) < 4.78 is 21.8. The Labute approximate surface area is 217 Å². The Kier molecular flexibility index (Phi) is 7.05. The highest BCUT2D eigenvalue weighted by molar-refractivity contribution is 9.10. The maximum Gasteiger partial charge on any atom is 0.276 e. The average Bonchev–Trinajstić information content (AvgIpc) is 3.21. The van der Waals surface area contributed by atoms with Crippen LogP contribution in [0.25, 0.3) is 16.9 Å². The van der Waals surface area contributed by atoms with Crippen molar-refractivity contribution in [3.05, 3.63) is 77.8 Å². The van der Waals surface area contributed by atoms with Crippen LogP contribution in [0.2, 0.25) is 5.02 Å². The Morgan fingerprint density at radius 2 is 2.00 bits per heavy atom. The van der Waals surface area contributed by atoms with E-state index in [0.29, 0.717) is 11.4 Å². The van der Waals surface area contributed by atoms with Crippen molar-refractivity contribution >= 4 is 38.9 Å². The third-order valence-electron chi connectivity index (χ3n) is 4.94. The molecule has 0 amide bonds. The van der Waals surface area contributed by atoms with Crippen LogP contribution in [0.1, 0.15) is 36.2 Å². The van der Waals surface area contributed by atoms with Gasteiger partial charge >= 0.3 is 0 Å². The van der Waals surface area contributed by atoms with Crippen molar-refractivity contribution < 1.29 is 14.2 Å². The van der Waals surface area contributed by atoms with Gasteiger partial charge in [-0.25, -0.2) is 19.3 Å². The number of aromatic nitrogens is 5. The van der Waals surface area contributed by atoms with Crippen LogP contribution < -0.4 is 10.3 Å². The van der Waals surface area contributed by atoms with Crippen LogP contribution in [0, 0.1) is 19.7 Å².